The molecule has 0 aromatic heterocycles. The van der Waals surface area contributed by atoms with Gasteiger partial charge in [0.05, 0.1) is 0 Å². The second kappa shape index (κ2) is 4.67. The van der Waals surface area contributed by atoms with Crippen LogP contribution >= 0.6 is 0 Å². The van der Waals surface area contributed by atoms with Crippen LogP contribution in [0.15, 0.2) is 0 Å². The average Bonchev–Trinajstić information content (AvgIpc) is 2.14. The van der Waals surface area contributed by atoms with E-state index < -0.39 is 11.9 Å². The molecule has 98 valence electrons. The fraction of sp³-hybridized carbons (Fsp3) is 0.846. The highest BCUT2D eigenvalue weighted by molar-refractivity contribution is 5.68. The van der Waals surface area contributed by atoms with Crippen molar-refractivity contribution in [3.05, 3.63) is 0 Å². The molecule has 0 bridgehead atoms. The molecular formula is C13H21O4-. The van der Waals surface area contributed by atoms with Gasteiger partial charge in [0.15, 0.2) is 0 Å². The molecule has 1 rings (SSSR count). The summed E-state index contributed by atoms with van der Waals surface area (Å²) in [5.41, 5.74) is -0.131. The molecule has 0 aromatic rings. The van der Waals surface area contributed by atoms with Crippen LogP contribution in [0.3, 0.4) is 0 Å². The zero-order valence-corrected chi connectivity index (χ0v) is 11.1. The maximum absolute atomic E-state index is 10.9. The Morgan fingerprint density at radius 2 is 1.82 bits per heavy atom. The molecule has 0 amide bonds. The summed E-state index contributed by atoms with van der Waals surface area (Å²) >= 11 is 0. The lowest BCUT2D eigenvalue weighted by atomic mass is 9.50. The van der Waals surface area contributed by atoms with Gasteiger partial charge in [-0.1, -0.05) is 20.8 Å². The van der Waals surface area contributed by atoms with Crippen molar-refractivity contribution in [1.82, 2.24) is 0 Å². The third-order valence-electron chi connectivity index (χ3n) is 4.31. The van der Waals surface area contributed by atoms with E-state index in [1.165, 1.54) is 6.92 Å². The van der Waals surface area contributed by atoms with Gasteiger partial charge in [0.25, 0.3) is 0 Å². The number of rotatable bonds is 4. The lowest BCUT2D eigenvalue weighted by Crippen LogP contribution is -2.55. The van der Waals surface area contributed by atoms with Crippen molar-refractivity contribution in [2.75, 3.05) is 0 Å². The molecule has 0 spiro atoms. The number of esters is 1. The van der Waals surface area contributed by atoms with Crippen LogP contribution in [0.1, 0.15) is 41.0 Å². The van der Waals surface area contributed by atoms with Gasteiger partial charge in [-0.15, -0.1) is 0 Å². The number of hydrogen-bond acceptors (Lipinski definition) is 4. The van der Waals surface area contributed by atoms with Crippen molar-refractivity contribution in [2.45, 2.75) is 47.1 Å². The van der Waals surface area contributed by atoms with Crippen LogP contribution in [0.5, 0.6) is 0 Å². The Labute approximate surface area is 102 Å². The van der Waals surface area contributed by atoms with Crippen molar-refractivity contribution in [3.63, 3.8) is 0 Å². The summed E-state index contributed by atoms with van der Waals surface area (Å²) < 4.78 is 5.18. The van der Waals surface area contributed by atoms with E-state index >= 15 is 0 Å². The first-order valence-electron chi connectivity index (χ1n) is 6.06. The smallest absolute Gasteiger partial charge is 0.302 e. The number of hydrogen-bond donors (Lipinski definition) is 0. The van der Waals surface area contributed by atoms with Gasteiger partial charge in [-0.05, 0) is 30.6 Å². The molecule has 0 aliphatic heterocycles. The number of ether oxygens (including phenoxy) is 1. The number of carboxylic acids is 1. The zero-order chi connectivity index (χ0) is 13.4. The second-order valence-corrected chi connectivity index (χ2v) is 5.69. The van der Waals surface area contributed by atoms with Crippen molar-refractivity contribution < 1.29 is 19.4 Å². The minimum Gasteiger partial charge on any atom is -0.550 e. The zero-order valence-electron chi connectivity index (χ0n) is 11.1. The molecule has 4 nitrogen and oxygen atoms in total. The van der Waals surface area contributed by atoms with E-state index in [9.17, 15) is 14.7 Å². The quantitative estimate of drug-likeness (QED) is 0.688. The number of carbonyl (C=O) groups is 2. The Morgan fingerprint density at radius 3 is 2.18 bits per heavy atom. The third-order valence-corrected chi connectivity index (χ3v) is 4.31. The number of carboxylic acid groups (broad SMARTS) is 1. The Hall–Kier alpha value is -1.06. The van der Waals surface area contributed by atoms with Crippen molar-refractivity contribution in [2.24, 2.45) is 23.2 Å². The van der Waals surface area contributed by atoms with Gasteiger partial charge >= 0.3 is 5.97 Å². The van der Waals surface area contributed by atoms with Crippen LogP contribution in [0.2, 0.25) is 0 Å². The van der Waals surface area contributed by atoms with E-state index in [2.05, 4.69) is 0 Å². The standard InChI is InChI=1S/C13H22O4/c1-7(12(15)16)10-6-11(13(10,4)5)8(2)17-9(3)14/h7-8,10-11H,6H2,1-5H3,(H,15,16)/p-1. The molecule has 1 aliphatic rings. The summed E-state index contributed by atoms with van der Waals surface area (Å²) in [6, 6.07) is 0. The van der Waals surface area contributed by atoms with E-state index in [4.69, 9.17) is 4.74 Å². The van der Waals surface area contributed by atoms with E-state index in [0.29, 0.717) is 0 Å². The number of carbonyl (C=O) groups excluding carboxylic acids is 2. The summed E-state index contributed by atoms with van der Waals surface area (Å²) in [5, 5.41) is 10.9. The lowest BCUT2D eigenvalue weighted by molar-refractivity contribution is -0.317. The molecule has 4 heteroatoms. The summed E-state index contributed by atoms with van der Waals surface area (Å²) in [6.07, 6.45) is 0.615. The maximum atomic E-state index is 10.9. The van der Waals surface area contributed by atoms with Gasteiger partial charge in [-0.2, -0.15) is 0 Å². The van der Waals surface area contributed by atoms with E-state index in [1.54, 1.807) is 6.92 Å². The fourth-order valence-corrected chi connectivity index (χ4v) is 3.15. The normalized spacial score (nSPS) is 29.9. The molecule has 0 N–H and O–H groups in total. The maximum Gasteiger partial charge on any atom is 0.302 e. The largest absolute Gasteiger partial charge is 0.550 e. The molecular weight excluding hydrogens is 220 g/mol. The Morgan fingerprint density at radius 1 is 1.29 bits per heavy atom. The topological polar surface area (TPSA) is 66.4 Å². The van der Waals surface area contributed by atoms with Gasteiger partial charge in [-0.25, -0.2) is 0 Å². The highest BCUT2D eigenvalue weighted by Crippen LogP contribution is 2.56. The first-order valence-corrected chi connectivity index (χ1v) is 6.06. The molecule has 0 aromatic carbocycles. The van der Waals surface area contributed by atoms with Crippen molar-refractivity contribution in [3.8, 4) is 0 Å². The van der Waals surface area contributed by atoms with Gasteiger partial charge in [-0.3, -0.25) is 4.79 Å². The summed E-state index contributed by atoms with van der Waals surface area (Å²) in [5.74, 6) is -1.43. The van der Waals surface area contributed by atoms with Gasteiger partial charge < -0.3 is 14.6 Å². The Balaban J connectivity index is 2.66. The molecule has 4 atom stereocenters. The van der Waals surface area contributed by atoms with E-state index in [1.807, 2.05) is 20.8 Å². The van der Waals surface area contributed by atoms with Crippen molar-refractivity contribution in [1.29, 1.82) is 0 Å². The lowest BCUT2D eigenvalue weighted by Gasteiger charge is -2.56. The van der Waals surface area contributed by atoms with Crippen LogP contribution in [0.25, 0.3) is 0 Å². The predicted octanol–water partition coefficient (Wildman–Crippen LogP) is 0.986. The minimum atomic E-state index is -0.998. The predicted molar refractivity (Wildman–Crippen MR) is 60.8 cm³/mol. The number of aliphatic carboxylic acids is 1. The Kier molecular flexibility index (Phi) is 3.84. The summed E-state index contributed by atoms with van der Waals surface area (Å²) in [7, 11) is 0. The highest BCUT2D eigenvalue weighted by Gasteiger charge is 2.53. The molecule has 0 heterocycles. The summed E-state index contributed by atoms with van der Waals surface area (Å²) in [6.45, 7) is 9.02. The first-order chi connectivity index (χ1) is 7.67. The van der Waals surface area contributed by atoms with E-state index in [-0.39, 0.29) is 29.3 Å². The molecule has 17 heavy (non-hydrogen) atoms. The van der Waals surface area contributed by atoms with Gasteiger partial charge in [0.2, 0.25) is 0 Å². The Bertz CT molecular complexity index is 321. The van der Waals surface area contributed by atoms with Gasteiger partial charge in [0, 0.05) is 18.8 Å². The molecule has 1 fully saturated rings. The average molecular weight is 241 g/mol. The van der Waals surface area contributed by atoms with Gasteiger partial charge in [0.1, 0.15) is 6.10 Å². The van der Waals surface area contributed by atoms with Crippen LogP contribution in [0, 0.1) is 23.2 Å². The first kappa shape index (κ1) is 14.0. The monoisotopic (exact) mass is 241 g/mol. The SMILES string of the molecule is CC(=O)OC(C)C1CC(C(C)C(=O)[O-])C1(C)C. The van der Waals surface area contributed by atoms with E-state index in [0.717, 1.165) is 6.42 Å². The fourth-order valence-electron chi connectivity index (χ4n) is 3.15. The molecule has 1 aliphatic carbocycles. The van der Waals surface area contributed by atoms with Crippen LogP contribution in [-0.4, -0.2) is 18.0 Å². The highest BCUT2D eigenvalue weighted by atomic mass is 16.5. The molecule has 1 saturated carbocycles. The summed E-state index contributed by atoms with van der Waals surface area (Å²) in [4.78, 5) is 21.8. The minimum absolute atomic E-state index is 0.0931. The van der Waals surface area contributed by atoms with Crippen LogP contribution in [0.4, 0.5) is 0 Å². The van der Waals surface area contributed by atoms with Crippen molar-refractivity contribution >= 4 is 11.9 Å². The molecule has 0 radical (unpaired) electrons. The van der Waals surface area contributed by atoms with Crippen LogP contribution < -0.4 is 5.11 Å². The second-order valence-electron chi connectivity index (χ2n) is 5.69. The van der Waals surface area contributed by atoms with Crippen LogP contribution in [-0.2, 0) is 14.3 Å². The third kappa shape index (κ3) is 2.61. The molecule has 4 unspecified atom stereocenters. The molecule has 0 saturated heterocycles.